The Morgan fingerprint density at radius 2 is 2.00 bits per heavy atom. The van der Waals surface area contributed by atoms with E-state index in [0.29, 0.717) is 10.9 Å². The van der Waals surface area contributed by atoms with Gasteiger partial charge >= 0.3 is 0 Å². The maximum Gasteiger partial charge on any atom is 0.151 e. The Morgan fingerprint density at radius 3 is 2.77 bits per heavy atom. The van der Waals surface area contributed by atoms with Crippen molar-refractivity contribution in [2.24, 2.45) is 5.92 Å². The molecule has 5 rings (SSSR count). The first-order chi connectivity index (χ1) is 15.2. The van der Waals surface area contributed by atoms with Crippen LogP contribution in [0.5, 0.6) is 0 Å². The summed E-state index contributed by atoms with van der Waals surface area (Å²) in [5, 5.41) is 11.1. The van der Waals surface area contributed by atoms with Gasteiger partial charge in [0.2, 0.25) is 0 Å². The molecule has 3 aromatic heterocycles. The average Bonchev–Trinajstić information content (AvgIpc) is 3.43. The quantitative estimate of drug-likeness (QED) is 0.456. The van der Waals surface area contributed by atoms with Crippen LogP contribution in [-0.4, -0.2) is 47.0 Å². The lowest BCUT2D eigenvalue weighted by atomic mass is 9.96. The van der Waals surface area contributed by atoms with Gasteiger partial charge in [0, 0.05) is 40.8 Å². The number of rotatable bonds is 6. The van der Waals surface area contributed by atoms with Crippen molar-refractivity contribution in [3.63, 3.8) is 0 Å². The van der Waals surface area contributed by atoms with Crippen LogP contribution >= 0.6 is 22.9 Å². The van der Waals surface area contributed by atoms with E-state index in [4.69, 9.17) is 16.6 Å². The number of hydrogen-bond acceptors (Lipinski definition) is 5. The van der Waals surface area contributed by atoms with Gasteiger partial charge in [-0.2, -0.15) is 9.61 Å². The van der Waals surface area contributed by atoms with Crippen molar-refractivity contribution in [3.05, 3.63) is 63.9 Å². The Kier molecular flexibility index (Phi) is 5.98. The molecule has 4 heterocycles. The van der Waals surface area contributed by atoms with Crippen LogP contribution in [0.2, 0.25) is 5.02 Å². The third kappa shape index (κ3) is 4.49. The molecule has 0 aliphatic carbocycles. The van der Waals surface area contributed by atoms with Crippen molar-refractivity contribution in [1.29, 1.82) is 0 Å². The minimum Gasteiger partial charge on any atom is -0.370 e. The number of nitrogens with zero attached hydrogens (tertiary/aromatic N) is 4. The van der Waals surface area contributed by atoms with Crippen molar-refractivity contribution in [2.45, 2.75) is 19.4 Å². The summed E-state index contributed by atoms with van der Waals surface area (Å²) < 4.78 is 1.90. The average molecular weight is 450 g/mol. The van der Waals surface area contributed by atoms with Crippen molar-refractivity contribution in [3.8, 4) is 11.3 Å². The molecule has 31 heavy (non-hydrogen) atoms. The Labute approximate surface area is 192 Å². The lowest BCUT2D eigenvalue weighted by Gasteiger charge is -2.31. The Bertz CT molecular complexity index is 1170. The van der Waals surface area contributed by atoms with Gasteiger partial charge in [0.1, 0.15) is 13.7 Å². The van der Waals surface area contributed by atoms with E-state index in [9.17, 15) is 0 Å². The maximum atomic E-state index is 6.45. The van der Waals surface area contributed by atoms with Gasteiger partial charge in [0.15, 0.2) is 5.65 Å². The van der Waals surface area contributed by atoms with E-state index in [0.717, 1.165) is 54.4 Å². The second-order valence-electron chi connectivity index (χ2n) is 8.25. The summed E-state index contributed by atoms with van der Waals surface area (Å²) in [6.45, 7) is 4.33. The van der Waals surface area contributed by atoms with E-state index < -0.39 is 0 Å². The fourth-order valence-corrected chi connectivity index (χ4v) is 5.20. The highest BCUT2D eigenvalue weighted by Crippen LogP contribution is 2.28. The molecule has 5 nitrogen and oxygen atoms in total. The molecule has 4 aromatic rings. The third-order valence-corrected chi connectivity index (χ3v) is 7.23. The highest BCUT2D eigenvalue weighted by atomic mass is 35.5. The molecule has 0 unspecified atom stereocenters. The topological polar surface area (TPSA) is 45.5 Å². The monoisotopic (exact) mass is 449 g/mol. The highest BCUT2D eigenvalue weighted by molar-refractivity contribution is 7.09. The van der Waals surface area contributed by atoms with Gasteiger partial charge in [-0.1, -0.05) is 35.9 Å². The largest absolute Gasteiger partial charge is 0.370 e. The molecule has 0 spiro atoms. The van der Waals surface area contributed by atoms with Crippen LogP contribution in [0, 0.1) is 5.92 Å². The molecule has 0 amide bonds. The molecule has 1 aromatic carbocycles. The number of fused-ring (bicyclic) bond motifs is 1. The first-order valence-electron chi connectivity index (χ1n) is 10.8. The Hall–Kier alpha value is -2.35. The fraction of sp³-hybridized carbons (Fsp3) is 0.304. The molecule has 8 heteroatoms. The van der Waals surface area contributed by atoms with Crippen molar-refractivity contribution >= 4 is 47.7 Å². The van der Waals surface area contributed by atoms with Crippen LogP contribution in [0.4, 0.5) is 5.82 Å². The molecule has 0 bridgehead atoms. The lowest BCUT2D eigenvalue weighted by molar-refractivity contribution is 0.183. The molecular weight excluding hydrogens is 425 g/mol. The number of piperidine rings is 1. The molecule has 1 aliphatic rings. The molecule has 1 saturated heterocycles. The fourth-order valence-electron chi connectivity index (χ4n) is 4.23. The number of aromatic nitrogens is 3. The number of anilines is 1. The smallest absolute Gasteiger partial charge is 0.151 e. The summed E-state index contributed by atoms with van der Waals surface area (Å²) in [4.78, 5) is 8.86. The number of thiophene rings is 1. The molecule has 1 fully saturated rings. The van der Waals surface area contributed by atoms with Crippen LogP contribution in [-0.2, 0) is 6.54 Å². The number of nitrogens with one attached hydrogen (secondary N) is 1. The zero-order valence-corrected chi connectivity index (χ0v) is 19.2. The first kappa shape index (κ1) is 20.6. The van der Waals surface area contributed by atoms with Crippen LogP contribution in [0.25, 0.3) is 16.9 Å². The molecule has 0 radical (unpaired) electrons. The molecule has 1 N–H and O–H groups in total. The second-order valence-corrected chi connectivity index (χ2v) is 9.69. The maximum absolute atomic E-state index is 6.45. The van der Waals surface area contributed by atoms with Gasteiger partial charge < -0.3 is 5.32 Å². The van der Waals surface area contributed by atoms with Crippen LogP contribution in [0.1, 0.15) is 17.7 Å². The summed E-state index contributed by atoms with van der Waals surface area (Å²) >= 11 is 8.30. The van der Waals surface area contributed by atoms with E-state index in [2.05, 4.69) is 38.9 Å². The molecular formula is C23H25BClN5S. The normalized spacial score (nSPS) is 15.5. The van der Waals surface area contributed by atoms with Crippen molar-refractivity contribution in [1.82, 2.24) is 19.5 Å². The van der Waals surface area contributed by atoms with Gasteiger partial charge in [-0.15, -0.1) is 11.3 Å². The summed E-state index contributed by atoms with van der Waals surface area (Å²) in [6.07, 6.45) is 4.29. The summed E-state index contributed by atoms with van der Waals surface area (Å²) in [7, 11) is 2.04. The molecule has 0 atom stereocenters. The van der Waals surface area contributed by atoms with Crippen molar-refractivity contribution < 1.29 is 0 Å². The van der Waals surface area contributed by atoms with E-state index in [1.807, 2.05) is 54.2 Å². The number of likely N-dealkylation sites (tertiary alicyclic amines) is 1. The van der Waals surface area contributed by atoms with Crippen molar-refractivity contribution in [2.75, 3.05) is 25.0 Å². The van der Waals surface area contributed by atoms with Gasteiger partial charge in [0.05, 0.1) is 5.69 Å². The molecule has 1 aliphatic heterocycles. The Balaban J connectivity index is 1.30. The number of benzene rings is 1. The van der Waals surface area contributed by atoms with E-state index in [1.54, 1.807) is 0 Å². The summed E-state index contributed by atoms with van der Waals surface area (Å²) in [6, 6.07) is 14.3. The zero-order valence-electron chi connectivity index (χ0n) is 17.6. The summed E-state index contributed by atoms with van der Waals surface area (Å²) in [5.41, 5.74) is 3.73. The van der Waals surface area contributed by atoms with Crippen LogP contribution in [0.3, 0.4) is 0 Å². The summed E-state index contributed by atoms with van der Waals surface area (Å²) in [5.74, 6) is 1.62. The van der Waals surface area contributed by atoms with Gasteiger partial charge in [-0.25, -0.2) is 4.98 Å². The highest BCUT2D eigenvalue weighted by Gasteiger charge is 2.20. The number of hydrogen-bond donors (Lipinski definition) is 1. The first-order valence-corrected chi connectivity index (χ1v) is 12.0. The van der Waals surface area contributed by atoms with Gasteiger partial charge in [-0.3, -0.25) is 4.90 Å². The van der Waals surface area contributed by atoms with E-state index in [-0.39, 0.29) is 0 Å². The van der Waals surface area contributed by atoms with E-state index >= 15 is 0 Å². The zero-order chi connectivity index (χ0) is 21.2. The van der Waals surface area contributed by atoms with Crippen LogP contribution in [0.15, 0.2) is 54.0 Å². The number of halogens is 1. The van der Waals surface area contributed by atoms with Gasteiger partial charge in [0.25, 0.3) is 0 Å². The van der Waals surface area contributed by atoms with Crippen LogP contribution < -0.4 is 10.8 Å². The predicted octanol–water partition coefficient (Wildman–Crippen LogP) is 3.69. The van der Waals surface area contributed by atoms with E-state index in [1.165, 1.54) is 17.7 Å². The minimum absolute atomic E-state index is 0.656. The second kappa shape index (κ2) is 9.03. The third-order valence-electron chi connectivity index (χ3n) is 6.04. The van der Waals surface area contributed by atoms with Gasteiger partial charge in [-0.05, 0) is 54.8 Å². The molecule has 158 valence electrons. The predicted molar refractivity (Wildman–Crippen MR) is 132 cm³/mol. The SMILES string of the molecule is Bc1cnn2c(NCC3CCN(Cc4cccs4)CC3)cc(-c3ccccc3Cl)nc12. The molecule has 0 saturated carbocycles. The minimum atomic E-state index is 0.656. The standard InChI is InChI=1S/C23H25BClN5S/c24-19-14-27-30-22(12-21(28-23(19)30)18-5-1-2-6-20(18)25)26-13-16-7-9-29(10-8-16)15-17-4-3-11-31-17/h1-6,11-12,14,16,26H,7-10,13,15,24H2. The lowest BCUT2D eigenvalue weighted by Crippen LogP contribution is -2.35. The Morgan fingerprint density at radius 1 is 1.16 bits per heavy atom.